The van der Waals surface area contributed by atoms with E-state index in [2.05, 4.69) is 12.1 Å². The van der Waals surface area contributed by atoms with Crippen LogP contribution in [0.1, 0.15) is 24.8 Å². The van der Waals surface area contributed by atoms with E-state index < -0.39 is 0 Å². The second kappa shape index (κ2) is 10.5. The van der Waals surface area contributed by atoms with Crippen molar-refractivity contribution >= 4 is 23.4 Å². The van der Waals surface area contributed by atoms with Gasteiger partial charge in [0, 0.05) is 57.3 Å². The van der Waals surface area contributed by atoms with Crippen molar-refractivity contribution in [3.05, 3.63) is 60.2 Å². The fourth-order valence-corrected chi connectivity index (χ4v) is 4.58. The second-order valence-electron chi connectivity index (χ2n) is 8.65. The van der Waals surface area contributed by atoms with E-state index in [1.807, 2.05) is 47.4 Å². The number of rotatable bonds is 7. The highest BCUT2D eigenvalue weighted by Gasteiger charge is 2.38. The number of amides is 3. The van der Waals surface area contributed by atoms with Gasteiger partial charge < -0.3 is 19.4 Å². The molecule has 2 heterocycles. The Kier molecular flexibility index (Phi) is 7.27. The maximum absolute atomic E-state index is 13.1. The molecule has 2 aliphatic rings. The lowest BCUT2D eigenvalue weighted by atomic mass is 10.1. The number of benzene rings is 2. The Bertz CT molecular complexity index is 986. The zero-order chi connectivity index (χ0) is 23.2. The summed E-state index contributed by atoms with van der Waals surface area (Å²) >= 11 is 0. The Morgan fingerprint density at radius 1 is 0.970 bits per heavy atom. The first-order chi connectivity index (χ1) is 16.0. The molecule has 0 spiro atoms. The van der Waals surface area contributed by atoms with Crippen molar-refractivity contribution < 1.29 is 19.1 Å². The SMILES string of the molecule is COc1cccc(N2CC(C(=O)N3CCN(C(=O)CCCc4ccccc4)CC3)CC2=O)c1. The maximum Gasteiger partial charge on any atom is 0.228 e. The monoisotopic (exact) mass is 449 g/mol. The van der Waals surface area contributed by atoms with Gasteiger partial charge in [0.05, 0.1) is 13.0 Å². The third-order valence-corrected chi connectivity index (χ3v) is 6.48. The van der Waals surface area contributed by atoms with E-state index in [0.29, 0.717) is 44.9 Å². The van der Waals surface area contributed by atoms with Gasteiger partial charge >= 0.3 is 0 Å². The summed E-state index contributed by atoms with van der Waals surface area (Å²) in [4.78, 5) is 43.6. The van der Waals surface area contributed by atoms with Crippen LogP contribution in [0.3, 0.4) is 0 Å². The molecule has 33 heavy (non-hydrogen) atoms. The molecule has 0 aromatic heterocycles. The van der Waals surface area contributed by atoms with Crippen LogP contribution in [0.15, 0.2) is 54.6 Å². The third-order valence-electron chi connectivity index (χ3n) is 6.48. The summed E-state index contributed by atoms with van der Waals surface area (Å²) in [5.74, 6) is 0.438. The molecule has 4 rings (SSSR count). The molecule has 2 fully saturated rings. The van der Waals surface area contributed by atoms with Crippen LogP contribution in [0, 0.1) is 5.92 Å². The molecule has 2 saturated heterocycles. The first kappa shape index (κ1) is 22.8. The molecular weight excluding hydrogens is 418 g/mol. The molecule has 174 valence electrons. The van der Waals surface area contributed by atoms with Crippen LogP contribution in [-0.2, 0) is 20.8 Å². The van der Waals surface area contributed by atoms with E-state index in [9.17, 15) is 14.4 Å². The Labute approximate surface area is 194 Å². The summed E-state index contributed by atoms with van der Waals surface area (Å²) in [5.41, 5.74) is 2.00. The van der Waals surface area contributed by atoms with Gasteiger partial charge in [-0.15, -0.1) is 0 Å². The zero-order valence-corrected chi connectivity index (χ0v) is 19.1. The molecule has 1 unspecified atom stereocenters. The smallest absolute Gasteiger partial charge is 0.228 e. The molecule has 0 radical (unpaired) electrons. The van der Waals surface area contributed by atoms with E-state index in [-0.39, 0.29) is 30.1 Å². The van der Waals surface area contributed by atoms with Crippen molar-refractivity contribution in [3.8, 4) is 5.75 Å². The Morgan fingerprint density at radius 2 is 1.70 bits per heavy atom. The van der Waals surface area contributed by atoms with Crippen LogP contribution in [0.5, 0.6) is 5.75 Å². The molecule has 0 saturated carbocycles. The predicted molar refractivity (Wildman–Crippen MR) is 126 cm³/mol. The average molecular weight is 450 g/mol. The quantitative estimate of drug-likeness (QED) is 0.652. The number of aryl methyl sites for hydroxylation is 1. The number of hydrogen-bond donors (Lipinski definition) is 0. The van der Waals surface area contributed by atoms with Crippen molar-refractivity contribution in [1.82, 2.24) is 9.80 Å². The van der Waals surface area contributed by atoms with Gasteiger partial charge in [-0.1, -0.05) is 36.4 Å². The van der Waals surface area contributed by atoms with Gasteiger partial charge in [0.1, 0.15) is 5.75 Å². The normalized spacial score (nSPS) is 18.5. The van der Waals surface area contributed by atoms with Gasteiger partial charge in [-0.25, -0.2) is 0 Å². The molecule has 2 aliphatic heterocycles. The van der Waals surface area contributed by atoms with Crippen LogP contribution in [0.4, 0.5) is 5.69 Å². The van der Waals surface area contributed by atoms with Crippen LogP contribution in [-0.4, -0.2) is 67.4 Å². The van der Waals surface area contributed by atoms with Crippen molar-refractivity contribution in [1.29, 1.82) is 0 Å². The highest BCUT2D eigenvalue weighted by molar-refractivity contribution is 6.00. The lowest BCUT2D eigenvalue weighted by Crippen LogP contribution is -2.52. The fourth-order valence-electron chi connectivity index (χ4n) is 4.58. The third kappa shape index (κ3) is 5.53. The number of hydrogen-bond acceptors (Lipinski definition) is 4. The largest absolute Gasteiger partial charge is 0.497 e. The summed E-state index contributed by atoms with van der Waals surface area (Å²) in [6, 6.07) is 17.5. The molecule has 7 heteroatoms. The minimum Gasteiger partial charge on any atom is -0.497 e. The number of anilines is 1. The summed E-state index contributed by atoms with van der Waals surface area (Å²) in [6.07, 6.45) is 2.46. The van der Waals surface area contributed by atoms with E-state index in [1.54, 1.807) is 16.9 Å². The standard InChI is InChI=1S/C26H31N3O4/c1-33-23-11-6-10-22(18-23)29-19-21(17-25(29)31)26(32)28-15-13-27(14-16-28)24(30)12-5-9-20-7-3-2-4-8-20/h2-4,6-8,10-11,18,21H,5,9,12-17,19H2,1H3. The second-order valence-corrected chi connectivity index (χ2v) is 8.65. The van der Waals surface area contributed by atoms with E-state index in [1.165, 1.54) is 5.56 Å². The minimum atomic E-state index is -0.350. The van der Waals surface area contributed by atoms with Crippen LogP contribution >= 0.6 is 0 Å². The van der Waals surface area contributed by atoms with Gasteiger partial charge in [-0.2, -0.15) is 0 Å². The number of nitrogens with zero attached hydrogens (tertiary/aromatic N) is 3. The highest BCUT2D eigenvalue weighted by Crippen LogP contribution is 2.29. The van der Waals surface area contributed by atoms with Crippen molar-refractivity contribution in [3.63, 3.8) is 0 Å². The van der Waals surface area contributed by atoms with Gasteiger partial charge in [0.25, 0.3) is 0 Å². The highest BCUT2D eigenvalue weighted by atomic mass is 16.5. The predicted octanol–water partition coefficient (Wildman–Crippen LogP) is 2.74. The van der Waals surface area contributed by atoms with Crippen LogP contribution < -0.4 is 9.64 Å². The van der Waals surface area contributed by atoms with Gasteiger partial charge in [0.2, 0.25) is 17.7 Å². The van der Waals surface area contributed by atoms with Gasteiger partial charge in [-0.05, 0) is 30.5 Å². The summed E-state index contributed by atoms with van der Waals surface area (Å²) < 4.78 is 5.25. The molecule has 0 aliphatic carbocycles. The Balaban J connectivity index is 1.24. The lowest BCUT2D eigenvalue weighted by Gasteiger charge is -2.36. The first-order valence-electron chi connectivity index (χ1n) is 11.6. The summed E-state index contributed by atoms with van der Waals surface area (Å²) in [6.45, 7) is 2.52. The van der Waals surface area contributed by atoms with Crippen LogP contribution in [0.25, 0.3) is 0 Å². The lowest BCUT2D eigenvalue weighted by molar-refractivity contribution is -0.142. The summed E-state index contributed by atoms with van der Waals surface area (Å²) in [7, 11) is 1.59. The first-order valence-corrected chi connectivity index (χ1v) is 11.6. The molecule has 7 nitrogen and oxygen atoms in total. The van der Waals surface area contributed by atoms with Crippen molar-refractivity contribution in [2.45, 2.75) is 25.7 Å². The molecular formula is C26H31N3O4. The van der Waals surface area contributed by atoms with Crippen molar-refractivity contribution in [2.24, 2.45) is 5.92 Å². The average Bonchev–Trinajstić information content (AvgIpc) is 3.26. The molecule has 1 atom stereocenters. The molecule has 2 aromatic carbocycles. The van der Waals surface area contributed by atoms with E-state index in [0.717, 1.165) is 18.5 Å². The zero-order valence-electron chi connectivity index (χ0n) is 19.1. The van der Waals surface area contributed by atoms with Gasteiger partial charge in [-0.3, -0.25) is 14.4 Å². The van der Waals surface area contributed by atoms with Crippen molar-refractivity contribution in [2.75, 3.05) is 44.7 Å². The fraction of sp³-hybridized carbons (Fsp3) is 0.423. The van der Waals surface area contributed by atoms with E-state index in [4.69, 9.17) is 4.74 Å². The molecule has 2 aromatic rings. The number of carbonyl (C=O) groups excluding carboxylic acids is 3. The maximum atomic E-state index is 13.1. The van der Waals surface area contributed by atoms with Gasteiger partial charge in [0.15, 0.2) is 0 Å². The van der Waals surface area contributed by atoms with Crippen LogP contribution in [0.2, 0.25) is 0 Å². The number of piperazine rings is 1. The number of methoxy groups -OCH3 is 1. The Morgan fingerprint density at radius 3 is 2.42 bits per heavy atom. The van der Waals surface area contributed by atoms with E-state index >= 15 is 0 Å². The summed E-state index contributed by atoms with van der Waals surface area (Å²) in [5, 5.41) is 0. The molecule has 0 bridgehead atoms. The Hall–Kier alpha value is -3.35. The number of carbonyl (C=O) groups is 3. The number of ether oxygens (including phenoxy) is 1. The molecule has 0 N–H and O–H groups in total. The topological polar surface area (TPSA) is 70.2 Å². The molecule has 3 amide bonds. The minimum absolute atomic E-state index is 0.00456.